The van der Waals surface area contributed by atoms with Crippen LogP contribution in [0.15, 0.2) is 48.5 Å². The minimum Gasteiger partial charge on any atom is -0.340 e. The Morgan fingerprint density at radius 3 is 2.48 bits per heavy atom. The van der Waals surface area contributed by atoms with Crippen molar-refractivity contribution in [1.29, 1.82) is 0 Å². The van der Waals surface area contributed by atoms with Gasteiger partial charge in [0.25, 0.3) is 0 Å². The topological polar surface area (TPSA) is 23.6 Å². The molecule has 1 fully saturated rings. The predicted molar refractivity (Wildman–Crippen MR) is 103 cm³/mol. The molecule has 1 aliphatic heterocycles. The second-order valence-electron chi connectivity index (χ2n) is 6.51. The first-order valence-electron chi connectivity index (χ1n) is 8.52. The SMILES string of the molecule is CN(Cc1c(Cl)cccc1Cl)C(=O)[C@@H]1CCCN1Cc1ccccc1. The normalized spacial score (nSPS) is 17.6. The second-order valence-corrected chi connectivity index (χ2v) is 7.32. The van der Waals surface area contributed by atoms with Crippen molar-refractivity contribution >= 4 is 29.1 Å². The first-order valence-corrected chi connectivity index (χ1v) is 9.27. The smallest absolute Gasteiger partial charge is 0.239 e. The molecule has 3 nitrogen and oxygen atoms in total. The maximum atomic E-state index is 13.0. The minimum absolute atomic E-state index is 0.0773. The number of hydrogen-bond acceptors (Lipinski definition) is 2. The van der Waals surface area contributed by atoms with Crippen molar-refractivity contribution in [3.63, 3.8) is 0 Å². The average molecular weight is 377 g/mol. The van der Waals surface area contributed by atoms with Crippen LogP contribution in [0.5, 0.6) is 0 Å². The molecule has 1 saturated heterocycles. The summed E-state index contributed by atoms with van der Waals surface area (Å²) in [5.41, 5.74) is 2.04. The van der Waals surface area contributed by atoms with Crippen molar-refractivity contribution < 1.29 is 4.79 Å². The third kappa shape index (κ3) is 4.35. The number of hydrogen-bond donors (Lipinski definition) is 0. The Morgan fingerprint density at radius 2 is 1.80 bits per heavy atom. The molecule has 2 aromatic carbocycles. The largest absolute Gasteiger partial charge is 0.340 e. The molecule has 132 valence electrons. The lowest BCUT2D eigenvalue weighted by Gasteiger charge is -2.28. The lowest BCUT2D eigenvalue weighted by Crippen LogP contribution is -2.43. The summed E-state index contributed by atoms with van der Waals surface area (Å²) in [4.78, 5) is 17.0. The number of likely N-dealkylation sites (N-methyl/N-ethyl adjacent to an activating group) is 1. The van der Waals surface area contributed by atoms with E-state index in [1.807, 2.05) is 31.3 Å². The van der Waals surface area contributed by atoms with E-state index in [4.69, 9.17) is 23.2 Å². The Morgan fingerprint density at radius 1 is 1.12 bits per heavy atom. The summed E-state index contributed by atoms with van der Waals surface area (Å²) in [6, 6.07) is 15.6. The van der Waals surface area contributed by atoms with Gasteiger partial charge >= 0.3 is 0 Å². The molecule has 0 bridgehead atoms. The second kappa shape index (κ2) is 8.22. The van der Waals surface area contributed by atoms with Gasteiger partial charge in [0, 0.05) is 35.7 Å². The molecule has 1 amide bonds. The van der Waals surface area contributed by atoms with Gasteiger partial charge in [0.2, 0.25) is 5.91 Å². The van der Waals surface area contributed by atoms with Crippen LogP contribution < -0.4 is 0 Å². The Kier molecular flexibility index (Phi) is 6.00. The van der Waals surface area contributed by atoms with Gasteiger partial charge < -0.3 is 4.90 Å². The number of likely N-dealkylation sites (tertiary alicyclic amines) is 1. The number of rotatable bonds is 5. The van der Waals surface area contributed by atoms with Crippen LogP contribution in [0, 0.1) is 0 Å². The molecule has 3 rings (SSSR count). The zero-order valence-electron chi connectivity index (χ0n) is 14.3. The van der Waals surface area contributed by atoms with Crippen LogP contribution in [-0.2, 0) is 17.9 Å². The van der Waals surface area contributed by atoms with Crippen LogP contribution in [0.3, 0.4) is 0 Å². The van der Waals surface area contributed by atoms with Gasteiger partial charge in [-0.05, 0) is 37.1 Å². The monoisotopic (exact) mass is 376 g/mol. The molecule has 0 spiro atoms. The van der Waals surface area contributed by atoms with Gasteiger partial charge in [-0.15, -0.1) is 0 Å². The quantitative estimate of drug-likeness (QED) is 0.759. The fourth-order valence-electron chi connectivity index (χ4n) is 3.37. The van der Waals surface area contributed by atoms with Gasteiger partial charge in [-0.25, -0.2) is 0 Å². The van der Waals surface area contributed by atoms with Crippen LogP contribution in [0.4, 0.5) is 0 Å². The van der Waals surface area contributed by atoms with E-state index in [1.54, 1.807) is 17.0 Å². The molecule has 0 aliphatic carbocycles. The number of carbonyl (C=O) groups is 1. The standard InChI is InChI=1S/C20H22Cl2N2O/c1-23(14-16-17(21)9-5-10-18(16)22)20(25)19-11-6-12-24(19)13-15-7-3-2-4-8-15/h2-5,7-10,19H,6,11-14H2,1H3/t19-/m0/s1. The van der Waals surface area contributed by atoms with Gasteiger partial charge in [-0.1, -0.05) is 59.6 Å². The molecule has 0 saturated carbocycles. The Bertz CT molecular complexity index is 715. The van der Waals surface area contributed by atoms with Crippen LogP contribution in [0.1, 0.15) is 24.0 Å². The van der Waals surface area contributed by atoms with E-state index in [9.17, 15) is 4.79 Å². The molecular weight excluding hydrogens is 355 g/mol. The summed E-state index contributed by atoms with van der Waals surface area (Å²) in [7, 11) is 1.82. The number of carbonyl (C=O) groups excluding carboxylic acids is 1. The molecular formula is C20H22Cl2N2O. The van der Waals surface area contributed by atoms with Gasteiger partial charge in [0.15, 0.2) is 0 Å². The molecule has 2 aromatic rings. The third-order valence-electron chi connectivity index (χ3n) is 4.71. The number of amides is 1. The molecule has 5 heteroatoms. The Hall–Kier alpha value is -1.55. The first kappa shape index (κ1) is 18.2. The average Bonchev–Trinajstić information content (AvgIpc) is 3.06. The fraction of sp³-hybridized carbons (Fsp3) is 0.350. The van der Waals surface area contributed by atoms with Gasteiger partial charge in [0.1, 0.15) is 0 Å². The zero-order chi connectivity index (χ0) is 17.8. The summed E-state index contributed by atoms with van der Waals surface area (Å²) in [5, 5.41) is 1.19. The molecule has 0 radical (unpaired) electrons. The van der Waals surface area contributed by atoms with Crippen LogP contribution >= 0.6 is 23.2 Å². The van der Waals surface area contributed by atoms with Crippen molar-refractivity contribution in [2.24, 2.45) is 0 Å². The first-order chi connectivity index (χ1) is 12.1. The van der Waals surface area contributed by atoms with Gasteiger partial charge in [0.05, 0.1) is 6.04 Å². The summed E-state index contributed by atoms with van der Waals surface area (Å²) < 4.78 is 0. The van der Waals surface area contributed by atoms with Crippen LogP contribution in [0.2, 0.25) is 10.0 Å². The summed E-state index contributed by atoms with van der Waals surface area (Å²) in [5.74, 6) is 0.129. The van der Waals surface area contributed by atoms with Crippen molar-refractivity contribution in [2.45, 2.75) is 32.0 Å². The molecule has 0 N–H and O–H groups in total. The number of benzene rings is 2. The zero-order valence-corrected chi connectivity index (χ0v) is 15.8. The highest BCUT2D eigenvalue weighted by Crippen LogP contribution is 2.27. The maximum Gasteiger partial charge on any atom is 0.239 e. The lowest BCUT2D eigenvalue weighted by atomic mass is 10.1. The van der Waals surface area contributed by atoms with E-state index in [0.29, 0.717) is 16.6 Å². The molecule has 0 unspecified atom stereocenters. The highest BCUT2D eigenvalue weighted by molar-refractivity contribution is 6.36. The van der Waals surface area contributed by atoms with E-state index in [2.05, 4.69) is 17.0 Å². The highest BCUT2D eigenvalue weighted by atomic mass is 35.5. The van der Waals surface area contributed by atoms with Crippen LogP contribution in [0.25, 0.3) is 0 Å². The van der Waals surface area contributed by atoms with E-state index < -0.39 is 0 Å². The maximum absolute atomic E-state index is 13.0. The van der Waals surface area contributed by atoms with Crippen molar-refractivity contribution in [3.8, 4) is 0 Å². The van der Waals surface area contributed by atoms with Gasteiger partial charge in [-0.3, -0.25) is 9.69 Å². The minimum atomic E-state index is -0.0773. The van der Waals surface area contributed by atoms with Crippen molar-refractivity contribution in [2.75, 3.05) is 13.6 Å². The number of halogens is 2. The fourth-order valence-corrected chi connectivity index (χ4v) is 3.88. The predicted octanol–water partition coefficient (Wildman–Crippen LogP) is 4.62. The van der Waals surface area contributed by atoms with E-state index in [0.717, 1.165) is 31.5 Å². The number of nitrogens with zero attached hydrogens (tertiary/aromatic N) is 2. The molecule has 25 heavy (non-hydrogen) atoms. The van der Waals surface area contributed by atoms with E-state index in [1.165, 1.54) is 5.56 Å². The Balaban J connectivity index is 1.68. The summed E-state index contributed by atoms with van der Waals surface area (Å²) in [6.07, 6.45) is 1.94. The Labute approximate surface area is 159 Å². The van der Waals surface area contributed by atoms with E-state index >= 15 is 0 Å². The summed E-state index contributed by atoms with van der Waals surface area (Å²) in [6.45, 7) is 2.18. The molecule has 1 heterocycles. The molecule has 1 atom stereocenters. The van der Waals surface area contributed by atoms with E-state index in [-0.39, 0.29) is 11.9 Å². The van der Waals surface area contributed by atoms with Crippen molar-refractivity contribution in [1.82, 2.24) is 9.80 Å². The highest BCUT2D eigenvalue weighted by Gasteiger charge is 2.32. The van der Waals surface area contributed by atoms with Crippen molar-refractivity contribution in [3.05, 3.63) is 69.7 Å². The lowest BCUT2D eigenvalue weighted by molar-refractivity contribution is -0.135. The molecule has 1 aliphatic rings. The third-order valence-corrected chi connectivity index (χ3v) is 5.42. The summed E-state index contributed by atoms with van der Waals surface area (Å²) >= 11 is 12.5. The van der Waals surface area contributed by atoms with Gasteiger partial charge in [-0.2, -0.15) is 0 Å². The molecule has 0 aromatic heterocycles. The van der Waals surface area contributed by atoms with Crippen LogP contribution in [-0.4, -0.2) is 35.3 Å².